The van der Waals surface area contributed by atoms with Crippen molar-refractivity contribution in [3.05, 3.63) is 38.9 Å². The lowest BCUT2D eigenvalue weighted by molar-refractivity contribution is -0.385. The summed E-state index contributed by atoms with van der Waals surface area (Å²) in [6.45, 7) is 6.29. The van der Waals surface area contributed by atoms with Gasteiger partial charge in [-0.05, 0) is 37.5 Å². The first kappa shape index (κ1) is 13.5. The molecule has 0 fully saturated rings. The predicted molar refractivity (Wildman–Crippen MR) is 72.1 cm³/mol. The van der Waals surface area contributed by atoms with Crippen molar-refractivity contribution >= 4 is 11.8 Å². The Morgan fingerprint density at radius 3 is 2.74 bits per heavy atom. The maximum atomic E-state index is 10.9. The van der Waals surface area contributed by atoms with Crippen LogP contribution < -0.4 is 4.74 Å². The van der Waals surface area contributed by atoms with Gasteiger partial charge in [0, 0.05) is 24.3 Å². The van der Waals surface area contributed by atoms with Gasteiger partial charge in [-0.25, -0.2) is 0 Å². The summed E-state index contributed by atoms with van der Waals surface area (Å²) < 4.78 is 11.4. The van der Waals surface area contributed by atoms with Gasteiger partial charge in [-0.3, -0.25) is 10.1 Å². The van der Waals surface area contributed by atoms with Gasteiger partial charge in [0.05, 0.1) is 4.92 Å². The van der Waals surface area contributed by atoms with E-state index >= 15 is 0 Å². The summed E-state index contributed by atoms with van der Waals surface area (Å²) in [5.74, 6) is 0.668. The zero-order valence-corrected chi connectivity index (χ0v) is 11.3. The van der Waals surface area contributed by atoms with Gasteiger partial charge in [0.15, 0.2) is 0 Å². The van der Waals surface area contributed by atoms with Crippen LogP contribution in [0.4, 0.5) is 5.69 Å². The molecule has 1 heterocycles. The van der Waals surface area contributed by atoms with Crippen molar-refractivity contribution in [3.8, 4) is 5.75 Å². The number of ether oxygens (including phenoxy) is 2. The highest BCUT2D eigenvalue weighted by Crippen LogP contribution is 2.36. The topological polar surface area (TPSA) is 61.6 Å². The van der Waals surface area contributed by atoms with Crippen molar-refractivity contribution in [1.29, 1.82) is 0 Å². The molecule has 102 valence electrons. The first-order valence-electron chi connectivity index (χ1n) is 6.34. The van der Waals surface area contributed by atoms with Crippen LogP contribution in [-0.4, -0.2) is 17.8 Å². The van der Waals surface area contributed by atoms with Gasteiger partial charge in [0.2, 0.25) is 6.29 Å². The van der Waals surface area contributed by atoms with Gasteiger partial charge >= 0.3 is 0 Å². The van der Waals surface area contributed by atoms with E-state index in [4.69, 9.17) is 9.47 Å². The van der Waals surface area contributed by atoms with E-state index in [2.05, 4.69) is 0 Å². The van der Waals surface area contributed by atoms with E-state index < -0.39 is 0 Å². The van der Waals surface area contributed by atoms with Crippen LogP contribution in [0.2, 0.25) is 0 Å². The van der Waals surface area contributed by atoms with Gasteiger partial charge in [-0.2, -0.15) is 0 Å². The molecule has 1 aliphatic heterocycles. The van der Waals surface area contributed by atoms with Gasteiger partial charge in [-0.1, -0.05) is 6.92 Å². The molecule has 0 saturated heterocycles. The molecule has 0 aromatic heterocycles. The van der Waals surface area contributed by atoms with E-state index in [9.17, 15) is 10.1 Å². The number of fused-ring (bicyclic) bond motifs is 1. The van der Waals surface area contributed by atoms with E-state index in [0.717, 1.165) is 23.1 Å². The number of hydrogen-bond acceptors (Lipinski definition) is 4. The molecule has 1 aromatic rings. The molecule has 5 nitrogen and oxygen atoms in total. The Morgan fingerprint density at radius 2 is 2.16 bits per heavy atom. The van der Waals surface area contributed by atoms with Crippen LogP contribution >= 0.6 is 0 Å². The molecule has 0 bridgehead atoms. The fourth-order valence-corrected chi connectivity index (χ4v) is 2.17. The van der Waals surface area contributed by atoms with Gasteiger partial charge in [0.1, 0.15) is 5.75 Å². The molecule has 0 aliphatic carbocycles. The normalized spacial score (nSPS) is 17.4. The number of nitrogens with zero attached hydrogens (tertiary/aromatic N) is 1. The number of rotatable bonds is 4. The lowest BCUT2D eigenvalue weighted by Gasteiger charge is -2.27. The lowest BCUT2D eigenvalue weighted by atomic mass is 10.0. The molecule has 0 spiro atoms. The summed E-state index contributed by atoms with van der Waals surface area (Å²) in [7, 11) is 0. The zero-order valence-electron chi connectivity index (χ0n) is 11.3. The molecule has 0 amide bonds. The maximum absolute atomic E-state index is 10.9. The number of non-ortho nitro benzene ring substituents is 1. The standard InChI is InChI=1S/C14H17NO4/c1-4-10-7-11-8-12(15(16)17)6-9(3)13(11)19-14(10)18-5-2/h6-8,14H,4-5H2,1-3H3. The second-order valence-electron chi connectivity index (χ2n) is 4.42. The summed E-state index contributed by atoms with van der Waals surface area (Å²) in [5, 5.41) is 10.9. The molecular formula is C14H17NO4. The van der Waals surface area contributed by atoms with Crippen LogP contribution in [0.15, 0.2) is 17.7 Å². The highest BCUT2D eigenvalue weighted by atomic mass is 16.7. The Bertz CT molecular complexity index is 536. The molecule has 1 atom stereocenters. The third kappa shape index (κ3) is 2.61. The number of nitro benzene ring substituents is 1. The monoisotopic (exact) mass is 263 g/mol. The Balaban J connectivity index is 2.47. The van der Waals surface area contributed by atoms with Crippen molar-refractivity contribution in [1.82, 2.24) is 0 Å². The summed E-state index contributed by atoms with van der Waals surface area (Å²) in [5.41, 5.74) is 2.58. The number of benzene rings is 1. The lowest BCUT2D eigenvalue weighted by Crippen LogP contribution is -2.26. The Morgan fingerprint density at radius 1 is 1.42 bits per heavy atom. The fraction of sp³-hybridized carbons (Fsp3) is 0.429. The summed E-state index contributed by atoms with van der Waals surface area (Å²) in [6, 6.07) is 3.06. The maximum Gasteiger partial charge on any atom is 0.270 e. The minimum atomic E-state index is -0.388. The average Bonchev–Trinajstić information content (AvgIpc) is 2.38. The highest BCUT2D eigenvalue weighted by Gasteiger charge is 2.25. The van der Waals surface area contributed by atoms with Crippen molar-refractivity contribution in [2.24, 2.45) is 0 Å². The minimum Gasteiger partial charge on any atom is -0.460 e. The quantitative estimate of drug-likeness (QED) is 0.616. The van der Waals surface area contributed by atoms with Gasteiger partial charge in [-0.15, -0.1) is 0 Å². The van der Waals surface area contributed by atoms with Crippen LogP contribution in [0.25, 0.3) is 6.08 Å². The molecule has 1 aliphatic rings. The predicted octanol–water partition coefficient (Wildman–Crippen LogP) is 3.45. The average molecular weight is 263 g/mol. The first-order valence-corrected chi connectivity index (χ1v) is 6.34. The first-order chi connectivity index (χ1) is 9.06. The molecule has 1 unspecified atom stereocenters. The summed E-state index contributed by atoms with van der Waals surface area (Å²) in [6.07, 6.45) is 2.33. The minimum absolute atomic E-state index is 0.0846. The second-order valence-corrected chi connectivity index (χ2v) is 4.42. The SMILES string of the molecule is CCOC1Oc2c(C)cc([N+](=O)[O-])cc2C=C1CC. The molecule has 0 radical (unpaired) electrons. The molecule has 1 aromatic carbocycles. The van der Waals surface area contributed by atoms with Crippen LogP contribution in [0.5, 0.6) is 5.75 Å². The van der Waals surface area contributed by atoms with E-state index in [0.29, 0.717) is 12.4 Å². The molecule has 19 heavy (non-hydrogen) atoms. The van der Waals surface area contributed by atoms with E-state index in [1.807, 2.05) is 19.9 Å². The van der Waals surface area contributed by atoms with Crippen molar-refractivity contribution in [3.63, 3.8) is 0 Å². The summed E-state index contributed by atoms with van der Waals surface area (Å²) in [4.78, 5) is 10.5. The highest BCUT2D eigenvalue weighted by molar-refractivity contribution is 5.67. The molecule has 5 heteroatoms. The largest absolute Gasteiger partial charge is 0.460 e. The van der Waals surface area contributed by atoms with Crippen LogP contribution in [-0.2, 0) is 4.74 Å². The number of aryl methyl sites for hydroxylation is 1. The Labute approximate surface area is 112 Å². The smallest absolute Gasteiger partial charge is 0.270 e. The van der Waals surface area contributed by atoms with E-state index in [-0.39, 0.29) is 16.9 Å². The van der Waals surface area contributed by atoms with Gasteiger partial charge in [0.25, 0.3) is 5.69 Å². The Hall–Kier alpha value is -1.88. The molecule has 0 N–H and O–H groups in total. The summed E-state index contributed by atoms with van der Waals surface area (Å²) >= 11 is 0. The molecular weight excluding hydrogens is 246 g/mol. The van der Waals surface area contributed by atoms with Crippen LogP contribution in [0, 0.1) is 17.0 Å². The second kappa shape index (κ2) is 5.40. The van der Waals surface area contributed by atoms with Gasteiger partial charge < -0.3 is 9.47 Å². The van der Waals surface area contributed by atoms with E-state index in [1.54, 1.807) is 13.0 Å². The number of nitro groups is 1. The van der Waals surface area contributed by atoms with Crippen LogP contribution in [0.1, 0.15) is 31.4 Å². The third-order valence-corrected chi connectivity index (χ3v) is 3.09. The Kier molecular flexibility index (Phi) is 3.85. The van der Waals surface area contributed by atoms with Crippen LogP contribution in [0.3, 0.4) is 0 Å². The molecule has 2 rings (SSSR count). The molecule has 0 saturated carbocycles. The van der Waals surface area contributed by atoms with Crippen molar-refractivity contribution in [2.75, 3.05) is 6.61 Å². The fourth-order valence-electron chi connectivity index (χ4n) is 2.17. The zero-order chi connectivity index (χ0) is 14.0. The van der Waals surface area contributed by atoms with Crippen molar-refractivity contribution in [2.45, 2.75) is 33.5 Å². The van der Waals surface area contributed by atoms with E-state index in [1.165, 1.54) is 6.07 Å². The van der Waals surface area contributed by atoms with Crippen molar-refractivity contribution < 1.29 is 14.4 Å². The third-order valence-electron chi connectivity index (χ3n) is 3.09. The number of hydrogen-bond donors (Lipinski definition) is 0.